The van der Waals surface area contributed by atoms with Crippen LogP contribution in [0, 0.1) is 12.0 Å². The SMILES string of the molecule is Fc1[c]nc2ccccc2c1. The van der Waals surface area contributed by atoms with Crippen molar-refractivity contribution in [2.24, 2.45) is 0 Å². The smallest absolute Gasteiger partial charge is 0.151 e. The van der Waals surface area contributed by atoms with E-state index in [1.165, 1.54) is 6.07 Å². The molecule has 0 bridgehead atoms. The van der Waals surface area contributed by atoms with Gasteiger partial charge >= 0.3 is 0 Å². The minimum Gasteiger partial charge on any atom is -0.243 e. The lowest BCUT2D eigenvalue weighted by atomic mass is 10.2. The third kappa shape index (κ3) is 1.07. The van der Waals surface area contributed by atoms with E-state index in [0.29, 0.717) is 0 Å². The number of benzene rings is 1. The summed E-state index contributed by atoms with van der Waals surface area (Å²) < 4.78 is 12.5. The Kier molecular flexibility index (Phi) is 1.32. The predicted octanol–water partition coefficient (Wildman–Crippen LogP) is 2.17. The fourth-order valence-corrected chi connectivity index (χ4v) is 0.994. The van der Waals surface area contributed by atoms with Gasteiger partial charge < -0.3 is 0 Å². The van der Waals surface area contributed by atoms with Crippen molar-refractivity contribution in [3.8, 4) is 0 Å². The molecule has 0 aliphatic rings. The molecule has 1 aromatic carbocycles. The molecule has 0 fully saturated rings. The highest BCUT2D eigenvalue weighted by atomic mass is 19.1. The topological polar surface area (TPSA) is 12.9 Å². The van der Waals surface area contributed by atoms with Crippen molar-refractivity contribution in [2.45, 2.75) is 0 Å². The third-order valence-electron chi connectivity index (χ3n) is 1.50. The highest BCUT2D eigenvalue weighted by Crippen LogP contribution is 2.10. The molecule has 2 aromatic rings. The molecule has 0 saturated heterocycles. The summed E-state index contributed by atoms with van der Waals surface area (Å²) in [5, 5.41) is 0.809. The second kappa shape index (κ2) is 2.31. The van der Waals surface area contributed by atoms with Gasteiger partial charge in [0.25, 0.3) is 0 Å². The number of hydrogen-bond acceptors (Lipinski definition) is 1. The molecule has 0 spiro atoms. The van der Waals surface area contributed by atoms with Crippen LogP contribution in [0.1, 0.15) is 0 Å². The maximum atomic E-state index is 12.5. The molecule has 2 heteroatoms. The molecule has 0 N–H and O–H groups in total. The summed E-state index contributed by atoms with van der Waals surface area (Å²) in [7, 11) is 0. The maximum Gasteiger partial charge on any atom is 0.151 e. The van der Waals surface area contributed by atoms with Crippen molar-refractivity contribution in [1.29, 1.82) is 0 Å². The first-order valence-electron chi connectivity index (χ1n) is 3.29. The molecule has 11 heavy (non-hydrogen) atoms. The van der Waals surface area contributed by atoms with Gasteiger partial charge in [0, 0.05) is 5.39 Å². The molecule has 1 nitrogen and oxygen atoms in total. The lowest BCUT2D eigenvalue weighted by Crippen LogP contribution is -1.80. The fraction of sp³-hybridized carbons (Fsp3) is 0. The molecule has 0 amide bonds. The van der Waals surface area contributed by atoms with E-state index in [9.17, 15) is 4.39 Å². The zero-order valence-electron chi connectivity index (χ0n) is 5.71. The van der Waals surface area contributed by atoms with Crippen LogP contribution >= 0.6 is 0 Å². The minimum absolute atomic E-state index is 0.413. The Bertz CT molecular complexity index is 384. The van der Waals surface area contributed by atoms with Crippen LogP contribution in [0.15, 0.2) is 30.3 Å². The van der Waals surface area contributed by atoms with Crippen LogP contribution in [0.2, 0.25) is 0 Å². The van der Waals surface area contributed by atoms with Gasteiger partial charge in [0.05, 0.1) is 5.52 Å². The Morgan fingerprint density at radius 2 is 2.09 bits per heavy atom. The van der Waals surface area contributed by atoms with E-state index in [2.05, 4.69) is 11.2 Å². The molecule has 0 atom stereocenters. The van der Waals surface area contributed by atoms with Crippen LogP contribution in [0.25, 0.3) is 10.9 Å². The predicted molar refractivity (Wildman–Crippen MR) is 40.5 cm³/mol. The standard InChI is InChI=1S/C9H5FN/c10-8-5-7-3-1-2-4-9(7)11-6-8/h1-5H. The first kappa shape index (κ1) is 6.28. The zero-order valence-corrected chi connectivity index (χ0v) is 5.71. The Balaban J connectivity index is 2.83. The molecule has 0 aliphatic heterocycles. The average Bonchev–Trinajstić information content (AvgIpc) is 2.04. The van der Waals surface area contributed by atoms with Gasteiger partial charge in [-0.05, 0) is 12.1 Å². The molecule has 0 saturated carbocycles. The number of pyridine rings is 1. The highest BCUT2D eigenvalue weighted by molar-refractivity contribution is 5.77. The normalized spacial score (nSPS) is 10.3. The quantitative estimate of drug-likeness (QED) is 0.555. The second-order valence-electron chi connectivity index (χ2n) is 2.27. The number of para-hydroxylation sites is 1. The number of rotatable bonds is 0. The van der Waals surface area contributed by atoms with Gasteiger partial charge in [-0.3, -0.25) is 0 Å². The van der Waals surface area contributed by atoms with Crippen LogP contribution in [0.4, 0.5) is 4.39 Å². The van der Waals surface area contributed by atoms with Gasteiger partial charge in [0.1, 0.15) is 6.20 Å². The Hall–Kier alpha value is -1.44. The summed E-state index contributed by atoms with van der Waals surface area (Å²) >= 11 is 0. The number of hydrogen-bond donors (Lipinski definition) is 0. The molecular weight excluding hydrogens is 141 g/mol. The first-order chi connectivity index (χ1) is 5.36. The van der Waals surface area contributed by atoms with E-state index in [0.717, 1.165) is 10.9 Å². The summed E-state index contributed by atoms with van der Waals surface area (Å²) in [6.45, 7) is 0. The Morgan fingerprint density at radius 1 is 1.27 bits per heavy atom. The molecule has 0 unspecified atom stereocenters. The van der Waals surface area contributed by atoms with Gasteiger partial charge in [-0.2, -0.15) is 0 Å². The lowest BCUT2D eigenvalue weighted by molar-refractivity contribution is 0.621. The van der Waals surface area contributed by atoms with E-state index >= 15 is 0 Å². The van der Waals surface area contributed by atoms with Gasteiger partial charge in [-0.15, -0.1) is 0 Å². The van der Waals surface area contributed by atoms with Crippen LogP contribution in [0.5, 0.6) is 0 Å². The monoisotopic (exact) mass is 146 g/mol. The van der Waals surface area contributed by atoms with E-state index in [1.807, 2.05) is 24.3 Å². The summed E-state index contributed by atoms with van der Waals surface area (Å²) in [4.78, 5) is 3.78. The second-order valence-corrected chi connectivity index (χ2v) is 2.27. The minimum atomic E-state index is -0.413. The molecular formula is C9H5FN. The van der Waals surface area contributed by atoms with Crippen molar-refractivity contribution >= 4 is 10.9 Å². The summed E-state index contributed by atoms with van der Waals surface area (Å²) in [5.74, 6) is -0.413. The largest absolute Gasteiger partial charge is 0.243 e. The van der Waals surface area contributed by atoms with E-state index in [4.69, 9.17) is 0 Å². The van der Waals surface area contributed by atoms with Gasteiger partial charge in [0.2, 0.25) is 0 Å². The average molecular weight is 146 g/mol. The van der Waals surface area contributed by atoms with Crippen LogP contribution in [-0.4, -0.2) is 4.98 Å². The maximum absolute atomic E-state index is 12.5. The summed E-state index contributed by atoms with van der Waals surface area (Å²) in [5.41, 5.74) is 0.772. The van der Waals surface area contributed by atoms with Crippen molar-refractivity contribution in [3.05, 3.63) is 42.3 Å². The summed E-state index contributed by atoms with van der Waals surface area (Å²) in [6, 6.07) is 8.78. The third-order valence-corrected chi connectivity index (χ3v) is 1.50. The number of nitrogens with zero attached hydrogens (tertiary/aromatic N) is 1. The Morgan fingerprint density at radius 3 is 3.00 bits per heavy atom. The molecule has 1 radical (unpaired) electrons. The lowest BCUT2D eigenvalue weighted by Gasteiger charge is -1.93. The van der Waals surface area contributed by atoms with Crippen LogP contribution in [-0.2, 0) is 0 Å². The molecule has 1 heterocycles. The Labute approximate surface area is 63.5 Å². The zero-order chi connectivity index (χ0) is 7.68. The highest BCUT2D eigenvalue weighted by Gasteiger charge is 1.94. The van der Waals surface area contributed by atoms with Gasteiger partial charge in [0.15, 0.2) is 5.82 Å². The van der Waals surface area contributed by atoms with Crippen molar-refractivity contribution in [3.63, 3.8) is 0 Å². The van der Waals surface area contributed by atoms with E-state index in [1.54, 1.807) is 0 Å². The molecule has 1 aromatic heterocycles. The van der Waals surface area contributed by atoms with E-state index < -0.39 is 5.82 Å². The number of fused-ring (bicyclic) bond motifs is 1. The van der Waals surface area contributed by atoms with Crippen LogP contribution < -0.4 is 0 Å². The fourth-order valence-electron chi connectivity index (χ4n) is 0.994. The molecule has 53 valence electrons. The van der Waals surface area contributed by atoms with E-state index in [-0.39, 0.29) is 0 Å². The molecule has 2 rings (SSSR count). The van der Waals surface area contributed by atoms with Crippen LogP contribution in [0.3, 0.4) is 0 Å². The van der Waals surface area contributed by atoms with Crippen molar-refractivity contribution < 1.29 is 4.39 Å². The number of aromatic nitrogens is 1. The first-order valence-corrected chi connectivity index (χ1v) is 3.29. The van der Waals surface area contributed by atoms with Gasteiger partial charge in [-0.25, -0.2) is 9.37 Å². The van der Waals surface area contributed by atoms with Crippen molar-refractivity contribution in [1.82, 2.24) is 4.98 Å². The molecule has 0 aliphatic carbocycles. The number of halogens is 1. The van der Waals surface area contributed by atoms with Gasteiger partial charge in [-0.1, -0.05) is 18.2 Å². The summed E-state index contributed by atoms with van der Waals surface area (Å²) in [6.07, 6.45) is 2.26. The van der Waals surface area contributed by atoms with Crippen molar-refractivity contribution in [2.75, 3.05) is 0 Å².